The second-order valence-corrected chi connectivity index (χ2v) is 5.02. The normalized spacial score (nSPS) is 29.5. The van der Waals surface area contributed by atoms with E-state index in [1.807, 2.05) is 0 Å². The molecule has 1 aromatic heterocycles. The van der Waals surface area contributed by atoms with Gasteiger partial charge in [-0.25, -0.2) is 4.79 Å². The summed E-state index contributed by atoms with van der Waals surface area (Å²) in [6.07, 6.45) is -2.54. The molecule has 2 rings (SSSR count). The highest BCUT2D eigenvalue weighted by Crippen LogP contribution is 2.27. The Balaban J connectivity index is 0.00000162. The maximum absolute atomic E-state index is 11.6. The first-order chi connectivity index (χ1) is 7.91. The van der Waals surface area contributed by atoms with Crippen LogP contribution in [0, 0.1) is 3.57 Å². The van der Waals surface area contributed by atoms with E-state index in [9.17, 15) is 19.8 Å². The molecule has 3 N–H and O–H groups in total. The van der Waals surface area contributed by atoms with Crippen molar-refractivity contribution in [2.75, 3.05) is 0 Å². The average molecular weight is 386 g/mol. The van der Waals surface area contributed by atoms with Crippen molar-refractivity contribution >= 4 is 22.6 Å². The molecule has 2 heterocycles. The number of hydrogen-bond acceptors (Lipinski definition) is 5. The topological polar surface area (TPSA) is 105 Å². The van der Waals surface area contributed by atoms with Crippen molar-refractivity contribution in [3.8, 4) is 0 Å². The van der Waals surface area contributed by atoms with Gasteiger partial charge in [-0.05, 0) is 29.5 Å². The molecule has 7 nitrogen and oxygen atoms in total. The Morgan fingerprint density at radius 2 is 1.89 bits per heavy atom. The standard InChI is InChI=1S/C9H11IN2O5.2CH4/c1-3-5(13)6(14)8(17-3)12-2-4(10)7(15)11-9(12)16;;/h2-3,5-6,8,13-14H,1H3,(H,11,15,16);2*1H4/t3-,5+,6+,8?;;/m1../s1. The zero-order chi connectivity index (χ0) is 12.7. The predicted molar refractivity (Wildman–Crippen MR) is 79.1 cm³/mol. The van der Waals surface area contributed by atoms with Gasteiger partial charge in [-0.15, -0.1) is 0 Å². The molecule has 19 heavy (non-hydrogen) atoms. The fraction of sp³-hybridized carbons (Fsp3) is 0.636. The van der Waals surface area contributed by atoms with Crippen molar-refractivity contribution in [3.05, 3.63) is 30.6 Å². The Bertz CT molecular complexity index is 541. The summed E-state index contributed by atoms with van der Waals surface area (Å²) in [7, 11) is 0. The SMILES string of the molecule is C.C.C[C@H]1OC(n2cc(I)c(=O)[nH]c2=O)[C@@H](O)[C@H]1O. The van der Waals surface area contributed by atoms with Gasteiger partial charge < -0.3 is 14.9 Å². The van der Waals surface area contributed by atoms with Gasteiger partial charge in [0.25, 0.3) is 5.56 Å². The molecule has 1 aliphatic heterocycles. The van der Waals surface area contributed by atoms with E-state index in [1.54, 1.807) is 29.5 Å². The Labute approximate surface area is 124 Å². The second-order valence-electron chi connectivity index (χ2n) is 3.86. The Morgan fingerprint density at radius 1 is 1.32 bits per heavy atom. The van der Waals surface area contributed by atoms with Gasteiger partial charge in [0.15, 0.2) is 6.23 Å². The molecule has 1 saturated heterocycles. The van der Waals surface area contributed by atoms with Crippen LogP contribution in [0.2, 0.25) is 0 Å². The molecule has 1 fully saturated rings. The summed E-state index contributed by atoms with van der Waals surface area (Å²) >= 11 is 1.77. The maximum atomic E-state index is 11.6. The summed E-state index contributed by atoms with van der Waals surface area (Å²) in [5.41, 5.74) is -1.17. The number of nitrogens with one attached hydrogen (secondary N) is 1. The van der Waals surface area contributed by atoms with Crippen molar-refractivity contribution in [2.45, 2.75) is 46.3 Å². The number of ether oxygens (including phenoxy) is 1. The van der Waals surface area contributed by atoms with E-state index in [1.165, 1.54) is 6.20 Å². The fourth-order valence-corrected chi connectivity index (χ4v) is 2.14. The zero-order valence-electron chi connectivity index (χ0n) is 8.83. The van der Waals surface area contributed by atoms with Crippen molar-refractivity contribution in [2.24, 2.45) is 0 Å². The van der Waals surface area contributed by atoms with Crippen LogP contribution in [-0.4, -0.2) is 38.1 Å². The molecule has 0 amide bonds. The molecule has 1 aliphatic rings. The molecule has 0 radical (unpaired) electrons. The lowest BCUT2D eigenvalue weighted by atomic mass is 10.1. The summed E-state index contributed by atoms with van der Waals surface area (Å²) in [4.78, 5) is 24.9. The van der Waals surface area contributed by atoms with E-state index < -0.39 is 35.8 Å². The minimum atomic E-state index is -1.20. The third-order valence-corrected chi connectivity index (χ3v) is 3.44. The van der Waals surface area contributed by atoms with E-state index in [-0.39, 0.29) is 14.9 Å². The van der Waals surface area contributed by atoms with E-state index in [0.29, 0.717) is 3.57 Å². The molecule has 4 atom stereocenters. The minimum Gasteiger partial charge on any atom is -0.388 e. The first kappa shape index (κ1) is 18.3. The predicted octanol–water partition coefficient (Wildman–Crippen LogP) is 0.0525. The molecule has 0 spiro atoms. The number of rotatable bonds is 1. The van der Waals surface area contributed by atoms with Crippen LogP contribution < -0.4 is 11.2 Å². The minimum absolute atomic E-state index is 0. The quantitative estimate of drug-likeness (QED) is 0.592. The van der Waals surface area contributed by atoms with E-state index in [2.05, 4.69) is 4.98 Å². The molecule has 8 heteroatoms. The number of aliphatic hydroxyl groups excluding tert-OH is 2. The first-order valence-corrected chi connectivity index (χ1v) is 6.02. The number of halogens is 1. The van der Waals surface area contributed by atoms with Crippen LogP contribution in [0.25, 0.3) is 0 Å². The second kappa shape index (κ2) is 6.64. The van der Waals surface area contributed by atoms with Gasteiger partial charge in [-0.3, -0.25) is 14.3 Å². The molecule has 1 aromatic rings. The van der Waals surface area contributed by atoms with Crippen molar-refractivity contribution < 1.29 is 14.9 Å². The van der Waals surface area contributed by atoms with Gasteiger partial charge in [-0.1, -0.05) is 14.9 Å². The zero-order valence-corrected chi connectivity index (χ0v) is 11.0. The summed E-state index contributed by atoms with van der Waals surface area (Å²) < 4.78 is 6.65. The highest BCUT2D eigenvalue weighted by Gasteiger charge is 2.41. The number of hydrogen-bond donors (Lipinski definition) is 3. The smallest absolute Gasteiger partial charge is 0.330 e. The van der Waals surface area contributed by atoms with Crippen LogP contribution in [0.3, 0.4) is 0 Å². The molecule has 0 aromatic carbocycles. The first-order valence-electron chi connectivity index (χ1n) is 4.94. The van der Waals surface area contributed by atoms with E-state index in [0.717, 1.165) is 4.57 Å². The third-order valence-electron chi connectivity index (χ3n) is 2.68. The van der Waals surface area contributed by atoms with E-state index >= 15 is 0 Å². The maximum Gasteiger partial charge on any atom is 0.330 e. The lowest BCUT2D eigenvalue weighted by molar-refractivity contribution is -0.0352. The molecular weight excluding hydrogens is 367 g/mol. The molecule has 1 unspecified atom stereocenters. The van der Waals surface area contributed by atoms with Crippen LogP contribution in [0.4, 0.5) is 0 Å². The van der Waals surface area contributed by atoms with Gasteiger partial charge in [0.2, 0.25) is 0 Å². The Hall–Kier alpha value is -0.710. The lowest BCUT2D eigenvalue weighted by Gasteiger charge is -2.17. The summed E-state index contributed by atoms with van der Waals surface area (Å²) in [5, 5.41) is 19.3. The van der Waals surface area contributed by atoms with Crippen molar-refractivity contribution in [3.63, 3.8) is 0 Å². The largest absolute Gasteiger partial charge is 0.388 e. The molecular formula is C11H19IN2O5. The van der Waals surface area contributed by atoms with Crippen LogP contribution in [0.5, 0.6) is 0 Å². The van der Waals surface area contributed by atoms with Gasteiger partial charge in [0, 0.05) is 6.20 Å². The third kappa shape index (κ3) is 3.25. The summed E-state index contributed by atoms with van der Waals surface area (Å²) in [6, 6.07) is 0. The Morgan fingerprint density at radius 3 is 2.37 bits per heavy atom. The van der Waals surface area contributed by atoms with Gasteiger partial charge in [-0.2, -0.15) is 0 Å². The van der Waals surface area contributed by atoms with Crippen LogP contribution in [-0.2, 0) is 4.74 Å². The fourth-order valence-electron chi connectivity index (χ4n) is 1.71. The van der Waals surface area contributed by atoms with Gasteiger partial charge >= 0.3 is 5.69 Å². The van der Waals surface area contributed by atoms with E-state index in [4.69, 9.17) is 4.74 Å². The average Bonchev–Trinajstić information content (AvgIpc) is 2.51. The number of aromatic amines is 1. The molecule has 110 valence electrons. The number of H-pyrrole nitrogens is 1. The number of aromatic nitrogens is 2. The highest BCUT2D eigenvalue weighted by atomic mass is 127. The van der Waals surface area contributed by atoms with Gasteiger partial charge in [0.1, 0.15) is 12.2 Å². The van der Waals surface area contributed by atoms with Crippen LogP contribution in [0.1, 0.15) is 28.0 Å². The number of aliphatic hydroxyl groups is 2. The van der Waals surface area contributed by atoms with Crippen molar-refractivity contribution in [1.82, 2.24) is 9.55 Å². The highest BCUT2D eigenvalue weighted by molar-refractivity contribution is 14.1. The molecule has 0 bridgehead atoms. The summed E-state index contributed by atoms with van der Waals surface area (Å²) in [5.74, 6) is 0. The number of nitrogens with zero attached hydrogens (tertiary/aromatic N) is 1. The van der Waals surface area contributed by atoms with Gasteiger partial charge in [0.05, 0.1) is 9.67 Å². The van der Waals surface area contributed by atoms with Crippen LogP contribution >= 0.6 is 22.6 Å². The Kier molecular flexibility index (Phi) is 6.39. The van der Waals surface area contributed by atoms with Crippen LogP contribution in [0.15, 0.2) is 15.8 Å². The van der Waals surface area contributed by atoms with Crippen molar-refractivity contribution in [1.29, 1.82) is 0 Å². The molecule has 0 saturated carbocycles. The summed E-state index contributed by atoms with van der Waals surface area (Å²) in [6.45, 7) is 1.59. The monoisotopic (exact) mass is 386 g/mol. The molecule has 0 aliphatic carbocycles. The lowest BCUT2D eigenvalue weighted by Crippen LogP contribution is -2.38.